The Morgan fingerprint density at radius 1 is 1.17 bits per heavy atom. The highest BCUT2D eigenvalue weighted by Gasteiger charge is 2.43. The van der Waals surface area contributed by atoms with Crippen LogP contribution in [0.1, 0.15) is 42.9 Å². The van der Waals surface area contributed by atoms with E-state index < -0.39 is 0 Å². The highest BCUT2D eigenvalue weighted by molar-refractivity contribution is 8.00. The smallest absolute Gasteiger partial charge is 0.236 e. The van der Waals surface area contributed by atoms with Gasteiger partial charge in [0.25, 0.3) is 0 Å². The molecule has 0 spiro atoms. The van der Waals surface area contributed by atoms with Crippen LogP contribution in [0.3, 0.4) is 0 Å². The summed E-state index contributed by atoms with van der Waals surface area (Å²) in [5.41, 5.74) is 2.59. The summed E-state index contributed by atoms with van der Waals surface area (Å²) in [5.74, 6) is 3.65. The van der Waals surface area contributed by atoms with Gasteiger partial charge in [0.05, 0.1) is 25.5 Å². The van der Waals surface area contributed by atoms with Gasteiger partial charge in [-0.2, -0.15) is 0 Å². The summed E-state index contributed by atoms with van der Waals surface area (Å²) in [7, 11) is 3.36. The molecule has 0 radical (unpaired) electrons. The van der Waals surface area contributed by atoms with Crippen molar-refractivity contribution in [2.45, 2.75) is 43.4 Å². The minimum Gasteiger partial charge on any atom is -0.493 e. The van der Waals surface area contributed by atoms with Crippen molar-refractivity contribution in [3.63, 3.8) is 0 Å². The van der Waals surface area contributed by atoms with Gasteiger partial charge < -0.3 is 14.4 Å². The number of ether oxygens (including phenoxy) is 2. The minimum atomic E-state index is 0.174. The molecule has 2 atom stereocenters. The first kappa shape index (κ1) is 16.1. The number of methoxy groups -OCH3 is 2. The molecule has 3 aliphatic rings. The molecule has 4 rings (SSSR count). The molecule has 2 unspecified atom stereocenters. The summed E-state index contributed by atoms with van der Waals surface area (Å²) in [5, 5.41) is 0.174. The average molecular weight is 347 g/mol. The molecule has 1 amide bonds. The van der Waals surface area contributed by atoms with E-state index >= 15 is 0 Å². The topological polar surface area (TPSA) is 38.8 Å². The minimum absolute atomic E-state index is 0.174. The van der Waals surface area contributed by atoms with Crippen LogP contribution in [0.4, 0.5) is 0 Å². The molecule has 2 heterocycles. The summed E-state index contributed by atoms with van der Waals surface area (Å²) in [4.78, 5) is 15.3. The van der Waals surface area contributed by atoms with Crippen molar-refractivity contribution in [1.29, 1.82) is 0 Å². The van der Waals surface area contributed by atoms with E-state index in [0.29, 0.717) is 11.8 Å². The number of thioether (sulfide) groups is 1. The second-order valence-electron chi connectivity index (χ2n) is 6.97. The van der Waals surface area contributed by atoms with E-state index in [-0.39, 0.29) is 11.3 Å². The van der Waals surface area contributed by atoms with Crippen LogP contribution in [0.2, 0.25) is 0 Å². The quantitative estimate of drug-likeness (QED) is 0.836. The van der Waals surface area contributed by atoms with Crippen LogP contribution in [-0.2, 0) is 11.2 Å². The molecule has 1 saturated carbocycles. The largest absolute Gasteiger partial charge is 0.493 e. The molecule has 1 aromatic rings. The third-order valence-electron chi connectivity index (χ3n) is 5.48. The van der Waals surface area contributed by atoms with Gasteiger partial charge in [-0.25, -0.2) is 0 Å². The SMILES string of the molecule is COc1cc2c(cc1OC)C(C1CC1)N(C(=O)C1CCCS1)CC2. The van der Waals surface area contributed by atoms with E-state index in [2.05, 4.69) is 17.0 Å². The van der Waals surface area contributed by atoms with Crippen molar-refractivity contribution < 1.29 is 14.3 Å². The van der Waals surface area contributed by atoms with Crippen LogP contribution in [0.15, 0.2) is 12.1 Å². The molecule has 2 fully saturated rings. The predicted octanol–water partition coefficient (Wildman–Crippen LogP) is 3.44. The monoisotopic (exact) mass is 347 g/mol. The summed E-state index contributed by atoms with van der Waals surface area (Å²) in [6.07, 6.45) is 5.56. The second kappa shape index (κ2) is 6.51. The number of carbonyl (C=O) groups excluding carboxylic acids is 1. The first-order valence-corrected chi connectivity index (χ1v) is 9.94. The van der Waals surface area contributed by atoms with Gasteiger partial charge in [-0.3, -0.25) is 4.79 Å². The Labute approximate surface area is 147 Å². The van der Waals surface area contributed by atoms with Crippen molar-refractivity contribution in [3.8, 4) is 11.5 Å². The molecule has 24 heavy (non-hydrogen) atoms. The summed E-state index contributed by atoms with van der Waals surface area (Å²) in [6.45, 7) is 0.833. The van der Waals surface area contributed by atoms with E-state index in [1.807, 2.05) is 11.8 Å². The average Bonchev–Trinajstić information content (AvgIpc) is 3.31. The molecule has 1 aromatic carbocycles. The lowest BCUT2D eigenvalue weighted by Gasteiger charge is -2.39. The molecule has 130 valence electrons. The van der Waals surface area contributed by atoms with Gasteiger partial charge in [0.1, 0.15) is 0 Å². The third kappa shape index (κ3) is 2.77. The normalized spacial score (nSPS) is 26.2. The number of carbonyl (C=O) groups is 1. The highest BCUT2D eigenvalue weighted by Crippen LogP contribution is 2.50. The van der Waals surface area contributed by atoms with Crippen LogP contribution in [-0.4, -0.2) is 42.6 Å². The first-order valence-electron chi connectivity index (χ1n) is 8.89. The van der Waals surface area contributed by atoms with Gasteiger partial charge in [-0.15, -0.1) is 11.8 Å². The lowest BCUT2D eigenvalue weighted by Crippen LogP contribution is -2.44. The standard InChI is InChI=1S/C19H25NO3S/c1-22-15-10-13-7-8-20(19(21)17-4-3-9-24-17)18(12-5-6-12)14(13)11-16(15)23-2/h10-12,17-18H,3-9H2,1-2H3. The molecule has 1 aliphatic carbocycles. The van der Waals surface area contributed by atoms with Crippen LogP contribution in [0.5, 0.6) is 11.5 Å². The van der Waals surface area contributed by atoms with Crippen LogP contribution in [0, 0.1) is 5.92 Å². The number of hydrogen-bond acceptors (Lipinski definition) is 4. The number of benzene rings is 1. The molecule has 0 aromatic heterocycles. The highest BCUT2D eigenvalue weighted by atomic mass is 32.2. The van der Waals surface area contributed by atoms with Gasteiger partial charge in [0, 0.05) is 6.54 Å². The Balaban J connectivity index is 1.69. The molecule has 5 heteroatoms. The van der Waals surface area contributed by atoms with Crippen molar-refractivity contribution in [1.82, 2.24) is 4.90 Å². The van der Waals surface area contributed by atoms with Crippen molar-refractivity contribution in [3.05, 3.63) is 23.3 Å². The predicted molar refractivity (Wildman–Crippen MR) is 95.9 cm³/mol. The van der Waals surface area contributed by atoms with Crippen LogP contribution < -0.4 is 9.47 Å². The molecular formula is C19H25NO3S. The lowest BCUT2D eigenvalue weighted by atomic mass is 9.88. The zero-order valence-electron chi connectivity index (χ0n) is 14.4. The van der Waals surface area contributed by atoms with E-state index in [9.17, 15) is 4.79 Å². The maximum atomic E-state index is 13.1. The maximum absolute atomic E-state index is 13.1. The zero-order chi connectivity index (χ0) is 16.7. The van der Waals surface area contributed by atoms with Crippen LogP contribution in [0.25, 0.3) is 0 Å². The van der Waals surface area contributed by atoms with Gasteiger partial charge in [0.15, 0.2) is 11.5 Å². The molecular weight excluding hydrogens is 322 g/mol. The fourth-order valence-corrected chi connectivity index (χ4v) is 5.33. The fraction of sp³-hybridized carbons (Fsp3) is 0.632. The molecule has 0 N–H and O–H groups in total. The Hall–Kier alpha value is -1.36. The summed E-state index contributed by atoms with van der Waals surface area (Å²) in [6, 6.07) is 4.44. The Morgan fingerprint density at radius 2 is 1.92 bits per heavy atom. The second-order valence-corrected chi connectivity index (χ2v) is 8.28. The van der Waals surface area contributed by atoms with Gasteiger partial charge in [0.2, 0.25) is 5.91 Å². The summed E-state index contributed by atoms with van der Waals surface area (Å²) >= 11 is 1.84. The fourth-order valence-electron chi connectivity index (χ4n) is 4.10. The van der Waals surface area contributed by atoms with Gasteiger partial charge in [-0.05, 0) is 67.0 Å². The zero-order valence-corrected chi connectivity index (χ0v) is 15.2. The van der Waals surface area contributed by atoms with Crippen molar-refractivity contribution in [2.75, 3.05) is 26.5 Å². The van der Waals surface area contributed by atoms with E-state index in [0.717, 1.165) is 36.6 Å². The Bertz CT molecular complexity index is 638. The van der Waals surface area contributed by atoms with E-state index in [1.165, 1.54) is 30.4 Å². The Morgan fingerprint density at radius 3 is 2.54 bits per heavy atom. The molecule has 4 nitrogen and oxygen atoms in total. The maximum Gasteiger partial charge on any atom is 0.236 e. The van der Waals surface area contributed by atoms with Crippen LogP contribution >= 0.6 is 11.8 Å². The molecule has 2 aliphatic heterocycles. The first-order chi connectivity index (χ1) is 11.7. The number of rotatable bonds is 4. The van der Waals surface area contributed by atoms with Gasteiger partial charge in [-0.1, -0.05) is 0 Å². The molecule has 1 saturated heterocycles. The van der Waals surface area contributed by atoms with Crippen molar-refractivity contribution in [2.24, 2.45) is 5.92 Å². The number of hydrogen-bond donors (Lipinski definition) is 0. The number of amides is 1. The molecule has 0 bridgehead atoms. The summed E-state index contributed by atoms with van der Waals surface area (Å²) < 4.78 is 11.0. The lowest BCUT2D eigenvalue weighted by molar-refractivity contribution is -0.134. The van der Waals surface area contributed by atoms with E-state index in [1.54, 1.807) is 14.2 Å². The van der Waals surface area contributed by atoms with Gasteiger partial charge >= 0.3 is 0 Å². The van der Waals surface area contributed by atoms with Crippen molar-refractivity contribution >= 4 is 17.7 Å². The third-order valence-corrected chi connectivity index (χ3v) is 6.84. The number of fused-ring (bicyclic) bond motifs is 1. The number of nitrogens with zero attached hydrogens (tertiary/aromatic N) is 1. The van der Waals surface area contributed by atoms with E-state index in [4.69, 9.17) is 9.47 Å². The Kier molecular flexibility index (Phi) is 4.37.